The standard InChI is InChI=1S/C22H32F8N2O4/c1-34-18(33)9-4-13-2-6-15(7-3-13)35-11-19(23,24)21(27,28)22(29,30)20(25,26)12-36-17-8-5-14(31)10-16(17)32/h4,9,13-17H,2-3,5-8,10-12,31-32H2,1H3/b9-4+. The fourth-order valence-electron chi connectivity index (χ4n) is 4.22. The number of rotatable bonds is 11. The van der Waals surface area contributed by atoms with E-state index in [4.69, 9.17) is 16.2 Å². The van der Waals surface area contributed by atoms with Gasteiger partial charge in [0, 0.05) is 18.2 Å². The summed E-state index contributed by atoms with van der Waals surface area (Å²) >= 11 is 0. The summed E-state index contributed by atoms with van der Waals surface area (Å²) in [5.74, 6) is -24.8. The van der Waals surface area contributed by atoms with Gasteiger partial charge in [0.1, 0.15) is 13.2 Å². The first-order valence-corrected chi connectivity index (χ1v) is 11.6. The van der Waals surface area contributed by atoms with Gasteiger partial charge < -0.3 is 25.7 Å². The molecule has 2 fully saturated rings. The predicted molar refractivity (Wildman–Crippen MR) is 112 cm³/mol. The average molecular weight is 540 g/mol. The predicted octanol–water partition coefficient (Wildman–Crippen LogP) is 4.06. The Hall–Kier alpha value is -1.51. The van der Waals surface area contributed by atoms with Crippen molar-refractivity contribution in [3.63, 3.8) is 0 Å². The van der Waals surface area contributed by atoms with Crippen LogP contribution in [0.5, 0.6) is 0 Å². The molecule has 0 radical (unpaired) electrons. The lowest BCUT2D eigenvalue weighted by atomic mass is 9.87. The summed E-state index contributed by atoms with van der Waals surface area (Å²) in [4.78, 5) is 11.1. The van der Waals surface area contributed by atoms with Gasteiger partial charge in [-0.25, -0.2) is 4.79 Å². The highest BCUT2D eigenvalue weighted by molar-refractivity contribution is 5.81. The summed E-state index contributed by atoms with van der Waals surface area (Å²) < 4.78 is 127. The maximum absolute atomic E-state index is 14.2. The molecule has 0 bridgehead atoms. The van der Waals surface area contributed by atoms with Crippen LogP contribution in [0.2, 0.25) is 0 Å². The van der Waals surface area contributed by atoms with E-state index in [2.05, 4.69) is 9.47 Å². The highest BCUT2D eigenvalue weighted by atomic mass is 19.4. The van der Waals surface area contributed by atoms with Crippen LogP contribution in [0.25, 0.3) is 0 Å². The van der Waals surface area contributed by atoms with E-state index in [-0.39, 0.29) is 44.1 Å². The van der Waals surface area contributed by atoms with E-state index in [0.29, 0.717) is 12.8 Å². The van der Waals surface area contributed by atoms with Gasteiger partial charge in [0.15, 0.2) is 0 Å². The maximum Gasteiger partial charge on any atom is 0.380 e. The fraction of sp³-hybridized carbons (Fsp3) is 0.864. The smallest absolute Gasteiger partial charge is 0.380 e. The Balaban J connectivity index is 1.94. The minimum Gasteiger partial charge on any atom is -0.466 e. The van der Waals surface area contributed by atoms with Crippen LogP contribution in [-0.2, 0) is 19.0 Å². The Kier molecular flexibility index (Phi) is 10.2. The van der Waals surface area contributed by atoms with Crippen molar-refractivity contribution < 1.29 is 54.1 Å². The quantitative estimate of drug-likeness (QED) is 0.233. The largest absolute Gasteiger partial charge is 0.466 e. The molecule has 0 amide bonds. The molecule has 0 aromatic rings. The Labute approximate surface area is 203 Å². The lowest BCUT2D eigenvalue weighted by molar-refractivity contribution is -0.379. The van der Waals surface area contributed by atoms with E-state index < -0.39 is 61.1 Å². The van der Waals surface area contributed by atoms with Gasteiger partial charge in [0.05, 0.1) is 19.3 Å². The first kappa shape index (κ1) is 30.7. The summed E-state index contributed by atoms with van der Waals surface area (Å²) in [5.41, 5.74) is 11.3. The van der Waals surface area contributed by atoms with Gasteiger partial charge in [0.2, 0.25) is 0 Å². The molecular formula is C22H32F8N2O4. The third-order valence-corrected chi connectivity index (χ3v) is 6.59. The number of hydrogen-bond donors (Lipinski definition) is 2. The SMILES string of the molecule is COC(=O)/C=C/C1CCC(OCC(F)(F)C(F)(F)C(F)(F)C(F)(F)COC2CCC(N)CC2N)CC1. The van der Waals surface area contributed by atoms with Gasteiger partial charge in [-0.1, -0.05) is 6.08 Å². The summed E-state index contributed by atoms with van der Waals surface area (Å²) in [7, 11) is 1.18. The number of halogens is 8. The number of allylic oxidation sites excluding steroid dienone is 1. The highest BCUT2D eigenvalue weighted by Crippen LogP contribution is 2.53. The minimum atomic E-state index is -6.45. The molecule has 0 aliphatic heterocycles. The number of carbonyl (C=O) groups is 1. The summed E-state index contributed by atoms with van der Waals surface area (Å²) in [6, 6.07) is -1.24. The van der Waals surface area contributed by atoms with Gasteiger partial charge >= 0.3 is 29.7 Å². The van der Waals surface area contributed by atoms with Crippen molar-refractivity contribution in [3.05, 3.63) is 12.2 Å². The Morgan fingerprint density at radius 3 is 1.86 bits per heavy atom. The zero-order valence-corrected chi connectivity index (χ0v) is 19.7. The van der Waals surface area contributed by atoms with Crippen LogP contribution >= 0.6 is 0 Å². The van der Waals surface area contributed by atoms with Crippen molar-refractivity contribution in [2.45, 2.75) is 92.9 Å². The topological polar surface area (TPSA) is 96.8 Å². The van der Waals surface area contributed by atoms with Crippen LogP contribution in [0.3, 0.4) is 0 Å². The molecule has 14 heteroatoms. The third-order valence-electron chi connectivity index (χ3n) is 6.59. The molecule has 6 nitrogen and oxygen atoms in total. The van der Waals surface area contributed by atoms with Crippen LogP contribution in [0.4, 0.5) is 35.1 Å². The molecule has 210 valence electrons. The number of ether oxygens (including phenoxy) is 3. The molecule has 0 aromatic heterocycles. The molecule has 4 N–H and O–H groups in total. The molecule has 0 spiro atoms. The van der Waals surface area contributed by atoms with Crippen molar-refractivity contribution in [3.8, 4) is 0 Å². The number of hydrogen-bond acceptors (Lipinski definition) is 6. The van der Waals surface area contributed by atoms with Crippen molar-refractivity contribution in [2.75, 3.05) is 20.3 Å². The molecule has 3 atom stereocenters. The molecule has 2 rings (SSSR count). The number of esters is 1. The van der Waals surface area contributed by atoms with Crippen molar-refractivity contribution in [2.24, 2.45) is 17.4 Å². The van der Waals surface area contributed by atoms with E-state index >= 15 is 0 Å². The van der Waals surface area contributed by atoms with Crippen LogP contribution in [0.1, 0.15) is 44.9 Å². The van der Waals surface area contributed by atoms with E-state index in [1.165, 1.54) is 13.2 Å². The van der Waals surface area contributed by atoms with Crippen molar-refractivity contribution in [1.82, 2.24) is 0 Å². The molecule has 2 aliphatic rings. The molecule has 0 saturated heterocycles. The number of carbonyl (C=O) groups excluding carboxylic acids is 1. The molecular weight excluding hydrogens is 508 g/mol. The molecule has 3 unspecified atom stereocenters. The molecule has 0 heterocycles. The summed E-state index contributed by atoms with van der Waals surface area (Å²) in [6.45, 7) is -4.39. The molecule has 36 heavy (non-hydrogen) atoms. The summed E-state index contributed by atoms with van der Waals surface area (Å²) in [5, 5.41) is 0. The van der Waals surface area contributed by atoms with Crippen LogP contribution in [-0.4, -0.2) is 74.3 Å². The average Bonchev–Trinajstić information content (AvgIpc) is 2.80. The second-order valence-electron chi connectivity index (χ2n) is 9.37. The van der Waals surface area contributed by atoms with E-state index in [9.17, 15) is 39.9 Å². The lowest BCUT2D eigenvalue weighted by Crippen LogP contribution is -2.65. The second-order valence-corrected chi connectivity index (χ2v) is 9.37. The lowest BCUT2D eigenvalue weighted by Gasteiger charge is -2.38. The number of methoxy groups -OCH3 is 1. The third kappa shape index (κ3) is 7.07. The Bertz CT molecular complexity index is 760. The monoisotopic (exact) mass is 540 g/mol. The second kappa shape index (κ2) is 11.9. The van der Waals surface area contributed by atoms with Gasteiger partial charge in [-0.15, -0.1) is 0 Å². The summed E-state index contributed by atoms with van der Waals surface area (Å²) in [6.07, 6.45) is 2.00. The molecule has 2 aliphatic carbocycles. The van der Waals surface area contributed by atoms with Gasteiger partial charge in [-0.3, -0.25) is 0 Å². The van der Waals surface area contributed by atoms with Gasteiger partial charge in [-0.05, 0) is 50.9 Å². The Morgan fingerprint density at radius 1 is 0.833 bits per heavy atom. The van der Waals surface area contributed by atoms with Crippen LogP contribution in [0, 0.1) is 5.92 Å². The van der Waals surface area contributed by atoms with Gasteiger partial charge in [-0.2, -0.15) is 35.1 Å². The van der Waals surface area contributed by atoms with Crippen molar-refractivity contribution in [1.29, 1.82) is 0 Å². The van der Waals surface area contributed by atoms with Crippen molar-refractivity contribution >= 4 is 5.97 Å². The van der Waals surface area contributed by atoms with E-state index in [1.807, 2.05) is 0 Å². The number of alkyl halides is 8. The first-order valence-electron chi connectivity index (χ1n) is 11.6. The van der Waals surface area contributed by atoms with E-state index in [0.717, 1.165) is 0 Å². The van der Waals surface area contributed by atoms with Gasteiger partial charge in [0.25, 0.3) is 0 Å². The highest BCUT2D eigenvalue weighted by Gasteiger charge is 2.80. The molecule has 0 aromatic carbocycles. The zero-order valence-electron chi connectivity index (χ0n) is 19.7. The fourth-order valence-corrected chi connectivity index (χ4v) is 4.22. The minimum absolute atomic E-state index is 0.0328. The van der Waals surface area contributed by atoms with E-state index in [1.54, 1.807) is 6.08 Å². The number of nitrogens with two attached hydrogens (primary N) is 2. The van der Waals surface area contributed by atoms with Crippen LogP contribution in [0.15, 0.2) is 12.2 Å². The molecule has 2 saturated carbocycles. The maximum atomic E-state index is 14.2. The Morgan fingerprint density at radius 2 is 1.36 bits per heavy atom. The zero-order chi connectivity index (χ0) is 27.4. The van der Waals surface area contributed by atoms with Crippen LogP contribution < -0.4 is 11.5 Å². The first-order chi connectivity index (χ1) is 16.5. The normalized spacial score (nSPS) is 28.9.